The fourth-order valence-corrected chi connectivity index (χ4v) is 4.47. The molecule has 0 spiro atoms. The number of fused-ring (bicyclic) bond motifs is 1. The maximum atomic E-state index is 12.6. The molecule has 3 heterocycles. The van der Waals surface area contributed by atoms with Crippen molar-refractivity contribution in [2.45, 2.75) is 39.2 Å². The number of amides is 3. The third kappa shape index (κ3) is 4.60. The van der Waals surface area contributed by atoms with E-state index in [9.17, 15) is 14.4 Å². The second-order valence-corrected chi connectivity index (χ2v) is 8.77. The fourth-order valence-electron chi connectivity index (χ4n) is 4.47. The summed E-state index contributed by atoms with van der Waals surface area (Å²) >= 11 is 0. The summed E-state index contributed by atoms with van der Waals surface area (Å²) in [7, 11) is 0. The minimum absolute atomic E-state index is 0.0953. The molecule has 0 N–H and O–H groups in total. The Balaban J connectivity index is 1.18. The molecule has 0 bridgehead atoms. The third-order valence-corrected chi connectivity index (χ3v) is 6.30. The number of nitrogens with zero attached hydrogens (tertiary/aromatic N) is 5. The molecule has 1 aromatic carbocycles. The molecule has 2 aliphatic rings. The lowest BCUT2D eigenvalue weighted by molar-refractivity contribution is -0.133. The van der Waals surface area contributed by atoms with E-state index in [4.69, 9.17) is 0 Å². The zero-order valence-electron chi connectivity index (χ0n) is 18.9. The molecule has 170 valence electrons. The van der Waals surface area contributed by atoms with Crippen LogP contribution >= 0.6 is 0 Å². The number of hydrogen-bond acceptors (Lipinski definition) is 5. The van der Waals surface area contributed by atoms with Crippen LogP contribution in [-0.4, -0.2) is 81.2 Å². The van der Waals surface area contributed by atoms with Gasteiger partial charge in [0.1, 0.15) is 5.82 Å². The maximum Gasteiger partial charge on any atom is 0.261 e. The zero-order valence-corrected chi connectivity index (χ0v) is 18.9. The number of carbonyl (C=O) groups excluding carboxylic acids is 3. The normalized spacial score (nSPS) is 16.8. The molecule has 2 aliphatic heterocycles. The minimum Gasteiger partial charge on any atom is -0.340 e. The van der Waals surface area contributed by atoms with Crippen molar-refractivity contribution < 1.29 is 14.4 Å². The van der Waals surface area contributed by atoms with Gasteiger partial charge in [-0.15, -0.1) is 0 Å². The fraction of sp³-hybridized carbons (Fsp3) is 0.500. The van der Waals surface area contributed by atoms with Gasteiger partial charge in [0.05, 0.1) is 11.1 Å². The topological polar surface area (TPSA) is 78.8 Å². The van der Waals surface area contributed by atoms with Crippen LogP contribution in [-0.2, 0) is 11.3 Å². The quantitative estimate of drug-likeness (QED) is 0.592. The molecule has 0 atom stereocenters. The monoisotopic (exact) mass is 437 g/mol. The molecule has 0 radical (unpaired) electrons. The van der Waals surface area contributed by atoms with Crippen molar-refractivity contribution in [3.05, 3.63) is 53.6 Å². The van der Waals surface area contributed by atoms with Crippen molar-refractivity contribution >= 4 is 17.7 Å². The Morgan fingerprint density at radius 2 is 1.62 bits per heavy atom. The van der Waals surface area contributed by atoms with Gasteiger partial charge in [0.2, 0.25) is 5.91 Å². The van der Waals surface area contributed by atoms with Crippen molar-refractivity contribution in [1.29, 1.82) is 0 Å². The van der Waals surface area contributed by atoms with Crippen molar-refractivity contribution in [2.75, 3.05) is 39.3 Å². The number of rotatable bonds is 8. The van der Waals surface area contributed by atoms with Gasteiger partial charge in [-0.05, 0) is 18.6 Å². The highest BCUT2D eigenvalue weighted by atomic mass is 16.2. The Morgan fingerprint density at radius 3 is 2.25 bits per heavy atom. The predicted molar refractivity (Wildman–Crippen MR) is 120 cm³/mol. The highest BCUT2D eigenvalue weighted by Gasteiger charge is 2.34. The van der Waals surface area contributed by atoms with E-state index in [1.165, 1.54) is 4.90 Å². The van der Waals surface area contributed by atoms with Gasteiger partial charge in [-0.25, -0.2) is 4.98 Å². The second kappa shape index (κ2) is 9.65. The van der Waals surface area contributed by atoms with Gasteiger partial charge in [-0.2, -0.15) is 0 Å². The van der Waals surface area contributed by atoms with E-state index in [2.05, 4.69) is 28.3 Å². The Bertz CT molecular complexity index is 956. The SMILES string of the molecule is CC(C)c1nccn1CCN1CCN(C(=O)CCCN2C(=O)c3ccccc3C2=O)CC1. The van der Waals surface area contributed by atoms with Crippen LogP contribution in [0.25, 0.3) is 0 Å². The average Bonchev–Trinajstić information content (AvgIpc) is 3.37. The number of carbonyl (C=O) groups is 3. The second-order valence-electron chi connectivity index (χ2n) is 8.77. The van der Waals surface area contributed by atoms with E-state index in [1.807, 2.05) is 17.3 Å². The smallest absolute Gasteiger partial charge is 0.261 e. The highest BCUT2D eigenvalue weighted by Crippen LogP contribution is 2.22. The lowest BCUT2D eigenvalue weighted by Gasteiger charge is -2.35. The molecule has 1 fully saturated rings. The van der Waals surface area contributed by atoms with E-state index >= 15 is 0 Å². The molecule has 0 saturated carbocycles. The van der Waals surface area contributed by atoms with Gasteiger partial charge in [0.15, 0.2) is 0 Å². The van der Waals surface area contributed by atoms with Crippen molar-refractivity contribution in [3.63, 3.8) is 0 Å². The summed E-state index contributed by atoms with van der Waals surface area (Å²) in [4.78, 5) is 47.5. The molecule has 0 unspecified atom stereocenters. The Hall–Kier alpha value is -3.00. The molecule has 0 aliphatic carbocycles. The summed E-state index contributed by atoms with van der Waals surface area (Å²) in [5.41, 5.74) is 0.910. The minimum atomic E-state index is -0.259. The van der Waals surface area contributed by atoms with E-state index in [-0.39, 0.29) is 24.3 Å². The highest BCUT2D eigenvalue weighted by molar-refractivity contribution is 6.21. The first-order chi connectivity index (χ1) is 15.5. The number of imide groups is 1. The maximum absolute atomic E-state index is 12.6. The van der Waals surface area contributed by atoms with Crippen LogP contribution in [0, 0.1) is 0 Å². The van der Waals surface area contributed by atoms with Crippen LogP contribution in [0.3, 0.4) is 0 Å². The molecule has 3 amide bonds. The molecule has 1 aromatic heterocycles. The van der Waals surface area contributed by atoms with Crippen LogP contribution in [0.15, 0.2) is 36.7 Å². The number of benzene rings is 1. The Kier molecular flexibility index (Phi) is 6.69. The van der Waals surface area contributed by atoms with Crippen molar-refractivity contribution in [3.8, 4) is 0 Å². The summed E-state index contributed by atoms with van der Waals surface area (Å²) < 4.78 is 2.21. The van der Waals surface area contributed by atoms with E-state index in [0.29, 0.717) is 43.0 Å². The van der Waals surface area contributed by atoms with Gasteiger partial charge in [0.25, 0.3) is 11.8 Å². The number of aromatic nitrogens is 2. The van der Waals surface area contributed by atoms with Gasteiger partial charge < -0.3 is 9.47 Å². The largest absolute Gasteiger partial charge is 0.340 e. The number of imidazole rings is 1. The molecule has 2 aromatic rings. The van der Waals surface area contributed by atoms with E-state index in [1.54, 1.807) is 24.3 Å². The molecule has 32 heavy (non-hydrogen) atoms. The zero-order chi connectivity index (χ0) is 22.7. The first-order valence-corrected chi connectivity index (χ1v) is 11.4. The molecule has 8 nitrogen and oxygen atoms in total. The third-order valence-electron chi connectivity index (χ3n) is 6.30. The lowest BCUT2D eigenvalue weighted by atomic mass is 10.1. The van der Waals surface area contributed by atoms with E-state index < -0.39 is 0 Å². The summed E-state index contributed by atoms with van der Waals surface area (Å²) in [6, 6.07) is 6.87. The van der Waals surface area contributed by atoms with Gasteiger partial charge in [0, 0.05) is 70.5 Å². The average molecular weight is 438 g/mol. The van der Waals surface area contributed by atoms with E-state index in [0.717, 1.165) is 32.0 Å². The van der Waals surface area contributed by atoms with Crippen LogP contribution in [0.4, 0.5) is 0 Å². The summed E-state index contributed by atoms with van der Waals surface area (Å²) in [6.45, 7) is 9.57. The van der Waals surface area contributed by atoms with Gasteiger partial charge in [-0.3, -0.25) is 24.2 Å². The van der Waals surface area contributed by atoms with Crippen LogP contribution in [0.5, 0.6) is 0 Å². The summed E-state index contributed by atoms with van der Waals surface area (Å²) in [5.74, 6) is 1.09. The number of hydrogen-bond donors (Lipinski definition) is 0. The Labute approximate surface area is 188 Å². The first-order valence-electron chi connectivity index (χ1n) is 11.4. The standard InChI is InChI=1S/C24H31N5O3/c1-18(2)22-25-9-11-28(22)17-14-26-12-15-27(16-13-26)21(30)8-5-10-29-23(31)19-6-3-4-7-20(19)24(29)32/h3-4,6-7,9,11,18H,5,8,10,12-17H2,1-2H3. The van der Waals surface area contributed by atoms with Crippen LogP contribution < -0.4 is 0 Å². The first kappa shape index (κ1) is 22.2. The number of piperazine rings is 1. The van der Waals surface area contributed by atoms with Crippen molar-refractivity contribution in [1.82, 2.24) is 24.3 Å². The molecule has 8 heteroatoms. The van der Waals surface area contributed by atoms with Gasteiger partial charge >= 0.3 is 0 Å². The van der Waals surface area contributed by atoms with Gasteiger partial charge in [-0.1, -0.05) is 26.0 Å². The molecule has 1 saturated heterocycles. The summed E-state index contributed by atoms with van der Waals surface area (Å²) in [5, 5.41) is 0. The van der Waals surface area contributed by atoms with Crippen LogP contribution in [0.2, 0.25) is 0 Å². The lowest BCUT2D eigenvalue weighted by Crippen LogP contribution is -2.49. The molecular weight excluding hydrogens is 406 g/mol. The van der Waals surface area contributed by atoms with Crippen LogP contribution in [0.1, 0.15) is 59.1 Å². The molecular formula is C24H31N5O3. The van der Waals surface area contributed by atoms with Crippen molar-refractivity contribution in [2.24, 2.45) is 0 Å². The predicted octanol–water partition coefficient (Wildman–Crippen LogP) is 2.23. The summed E-state index contributed by atoms with van der Waals surface area (Å²) in [6.07, 6.45) is 4.72. The molecule has 4 rings (SSSR count). The Morgan fingerprint density at radius 1 is 0.969 bits per heavy atom.